The van der Waals surface area contributed by atoms with Crippen LogP contribution in [0.15, 0.2) is 108 Å². The van der Waals surface area contributed by atoms with E-state index in [1.54, 1.807) is 0 Å². The van der Waals surface area contributed by atoms with E-state index in [9.17, 15) is 5.26 Å². The number of pyridine rings is 1. The molecule has 0 atom stereocenters. The molecule has 0 saturated carbocycles. The van der Waals surface area contributed by atoms with Crippen LogP contribution in [0.1, 0.15) is 11.1 Å². The molecule has 35 heavy (non-hydrogen) atoms. The van der Waals surface area contributed by atoms with Gasteiger partial charge in [-0.3, -0.25) is 0 Å². The van der Waals surface area contributed by atoms with Crippen molar-refractivity contribution in [2.75, 3.05) is 0 Å². The van der Waals surface area contributed by atoms with E-state index in [4.69, 9.17) is 4.42 Å². The Bertz CT molecular complexity index is 1750. The summed E-state index contributed by atoms with van der Waals surface area (Å²) in [6.45, 7) is 2.11. The molecule has 0 N–H and O–H groups in total. The Morgan fingerprint density at radius 1 is 0.743 bits per heavy atom. The first-order chi connectivity index (χ1) is 17.1. The van der Waals surface area contributed by atoms with Crippen LogP contribution < -0.4 is 4.57 Å². The van der Waals surface area contributed by atoms with Gasteiger partial charge in [-0.25, -0.2) is 4.57 Å². The standard InChI is InChI=1S/C32H23N2O/c1-21-11-16-26-28-19-27(24-14-12-23(13-15-24)22-8-4-3-5-9-22)25(20-33)18-30(28)35-32(26)31(21)29-10-6-7-17-34(29)2/h3-19H,1-2H3/q+1. The Balaban J connectivity index is 1.55. The minimum absolute atomic E-state index is 0.604. The summed E-state index contributed by atoms with van der Waals surface area (Å²) in [6.07, 6.45) is 2.04. The maximum absolute atomic E-state index is 9.96. The SMILES string of the molecule is Cc1ccc2c(oc3cc(C#N)c(-c4ccc(-c5ccccc5)cc4)cc32)c1-c1cccc[n+]1C. The molecule has 6 aromatic rings. The highest BCUT2D eigenvalue weighted by atomic mass is 16.3. The van der Waals surface area contributed by atoms with Crippen LogP contribution in [0, 0.1) is 18.3 Å². The molecular formula is C32H23N2O+. The number of benzene rings is 4. The fourth-order valence-corrected chi connectivity index (χ4v) is 4.89. The summed E-state index contributed by atoms with van der Waals surface area (Å²) in [4.78, 5) is 0. The van der Waals surface area contributed by atoms with E-state index in [1.807, 2.05) is 49.6 Å². The molecule has 2 aromatic heterocycles. The van der Waals surface area contributed by atoms with E-state index in [2.05, 4.69) is 78.2 Å². The van der Waals surface area contributed by atoms with Crippen LogP contribution in [0.25, 0.3) is 55.4 Å². The molecule has 3 heteroatoms. The summed E-state index contributed by atoms with van der Waals surface area (Å²) in [5, 5.41) is 12.0. The Morgan fingerprint density at radius 2 is 1.46 bits per heavy atom. The summed E-state index contributed by atoms with van der Waals surface area (Å²) < 4.78 is 8.53. The topological polar surface area (TPSA) is 40.8 Å². The molecule has 0 aliphatic heterocycles. The van der Waals surface area contributed by atoms with Crippen molar-refractivity contribution in [2.45, 2.75) is 6.92 Å². The first kappa shape index (κ1) is 20.9. The number of hydrogen-bond donors (Lipinski definition) is 0. The van der Waals surface area contributed by atoms with E-state index < -0.39 is 0 Å². The Morgan fingerprint density at radius 3 is 2.20 bits per heavy atom. The summed E-state index contributed by atoms with van der Waals surface area (Å²) in [7, 11) is 2.04. The van der Waals surface area contributed by atoms with Crippen LogP contribution in [0.2, 0.25) is 0 Å². The fourth-order valence-electron chi connectivity index (χ4n) is 4.89. The number of fused-ring (bicyclic) bond motifs is 3. The number of nitrogens with zero attached hydrogens (tertiary/aromatic N) is 2. The monoisotopic (exact) mass is 451 g/mol. The molecule has 6 rings (SSSR count). The Hall–Kier alpha value is -4.68. The molecular weight excluding hydrogens is 428 g/mol. The number of rotatable bonds is 3. The second-order valence-electron chi connectivity index (χ2n) is 8.88. The van der Waals surface area contributed by atoms with Gasteiger partial charge >= 0.3 is 0 Å². The highest BCUT2D eigenvalue weighted by molar-refractivity contribution is 6.11. The largest absolute Gasteiger partial charge is 0.455 e. The summed E-state index contributed by atoms with van der Waals surface area (Å²) >= 11 is 0. The van der Waals surface area contributed by atoms with Crippen LogP contribution >= 0.6 is 0 Å². The van der Waals surface area contributed by atoms with Gasteiger partial charge in [-0.1, -0.05) is 66.7 Å². The van der Waals surface area contributed by atoms with Gasteiger partial charge in [0.05, 0.1) is 17.2 Å². The molecule has 0 bridgehead atoms. The third-order valence-corrected chi connectivity index (χ3v) is 6.72. The zero-order valence-corrected chi connectivity index (χ0v) is 19.6. The van der Waals surface area contributed by atoms with Crippen molar-refractivity contribution < 1.29 is 8.98 Å². The van der Waals surface area contributed by atoms with Gasteiger partial charge in [0.2, 0.25) is 5.69 Å². The maximum atomic E-state index is 9.96. The van der Waals surface area contributed by atoms with Crippen molar-refractivity contribution in [2.24, 2.45) is 7.05 Å². The number of furan rings is 1. The zero-order chi connectivity index (χ0) is 23.9. The lowest BCUT2D eigenvalue weighted by Crippen LogP contribution is -2.30. The Kier molecular flexibility index (Phi) is 4.94. The van der Waals surface area contributed by atoms with Crippen LogP contribution in [0.4, 0.5) is 0 Å². The number of nitriles is 1. The summed E-state index contributed by atoms with van der Waals surface area (Å²) in [5.74, 6) is 0. The zero-order valence-electron chi connectivity index (χ0n) is 19.6. The van der Waals surface area contributed by atoms with Gasteiger partial charge in [-0.2, -0.15) is 5.26 Å². The molecule has 0 radical (unpaired) electrons. The van der Waals surface area contributed by atoms with Crippen LogP contribution in [0.3, 0.4) is 0 Å². The number of aromatic nitrogens is 1. The van der Waals surface area contributed by atoms with Gasteiger partial charge in [-0.05, 0) is 47.4 Å². The molecule has 0 aliphatic rings. The van der Waals surface area contributed by atoms with Gasteiger partial charge in [0.1, 0.15) is 18.2 Å². The van der Waals surface area contributed by atoms with Gasteiger partial charge < -0.3 is 4.42 Å². The number of aryl methyl sites for hydroxylation is 2. The van der Waals surface area contributed by atoms with Gasteiger partial charge in [0.25, 0.3) is 0 Å². The summed E-state index contributed by atoms with van der Waals surface area (Å²) in [6, 6.07) is 35.5. The maximum Gasteiger partial charge on any atom is 0.216 e. The molecule has 0 amide bonds. The molecule has 0 aliphatic carbocycles. The number of hydrogen-bond acceptors (Lipinski definition) is 2. The van der Waals surface area contributed by atoms with Crippen molar-refractivity contribution in [3.63, 3.8) is 0 Å². The van der Waals surface area contributed by atoms with Crippen molar-refractivity contribution in [1.29, 1.82) is 5.26 Å². The minimum Gasteiger partial charge on any atom is -0.455 e. The second kappa shape index (κ2) is 8.27. The second-order valence-corrected chi connectivity index (χ2v) is 8.88. The van der Waals surface area contributed by atoms with Crippen molar-refractivity contribution in [1.82, 2.24) is 0 Å². The first-order valence-corrected chi connectivity index (χ1v) is 11.6. The van der Waals surface area contributed by atoms with Crippen LogP contribution in [-0.4, -0.2) is 0 Å². The molecule has 2 heterocycles. The lowest BCUT2D eigenvalue weighted by atomic mass is 9.95. The smallest absolute Gasteiger partial charge is 0.216 e. The van der Waals surface area contributed by atoms with E-state index in [0.717, 1.165) is 55.4 Å². The third kappa shape index (κ3) is 3.48. The molecule has 0 fully saturated rings. The molecule has 3 nitrogen and oxygen atoms in total. The first-order valence-electron chi connectivity index (χ1n) is 11.6. The quantitative estimate of drug-likeness (QED) is 0.260. The summed E-state index contributed by atoms with van der Waals surface area (Å²) in [5.41, 5.74) is 9.75. The third-order valence-electron chi connectivity index (χ3n) is 6.72. The average Bonchev–Trinajstić information content (AvgIpc) is 3.26. The highest BCUT2D eigenvalue weighted by Crippen LogP contribution is 2.39. The van der Waals surface area contributed by atoms with Crippen LogP contribution in [0.5, 0.6) is 0 Å². The lowest BCUT2D eigenvalue weighted by molar-refractivity contribution is -0.660. The molecule has 0 spiro atoms. The van der Waals surface area contributed by atoms with E-state index in [1.165, 1.54) is 5.56 Å². The lowest BCUT2D eigenvalue weighted by Gasteiger charge is -2.07. The predicted molar refractivity (Wildman–Crippen MR) is 141 cm³/mol. The van der Waals surface area contributed by atoms with Gasteiger partial charge in [0.15, 0.2) is 6.20 Å². The minimum atomic E-state index is 0.604. The van der Waals surface area contributed by atoms with Crippen molar-refractivity contribution in [3.8, 4) is 39.6 Å². The van der Waals surface area contributed by atoms with E-state index >= 15 is 0 Å². The molecule has 4 aromatic carbocycles. The predicted octanol–water partition coefficient (Wildman–Crippen LogP) is 7.59. The Labute approximate surface area is 204 Å². The fraction of sp³-hybridized carbons (Fsp3) is 0.0625. The van der Waals surface area contributed by atoms with Gasteiger partial charge in [0, 0.05) is 28.5 Å². The van der Waals surface area contributed by atoms with Gasteiger partial charge in [-0.15, -0.1) is 0 Å². The molecule has 166 valence electrons. The highest BCUT2D eigenvalue weighted by Gasteiger charge is 2.21. The van der Waals surface area contributed by atoms with Crippen LogP contribution in [-0.2, 0) is 7.05 Å². The van der Waals surface area contributed by atoms with Crippen molar-refractivity contribution >= 4 is 21.9 Å². The van der Waals surface area contributed by atoms with E-state index in [-0.39, 0.29) is 0 Å². The molecule has 0 unspecified atom stereocenters. The molecule has 0 saturated heterocycles. The average molecular weight is 452 g/mol. The van der Waals surface area contributed by atoms with Crippen molar-refractivity contribution in [3.05, 3.63) is 114 Å². The van der Waals surface area contributed by atoms with E-state index in [0.29, 0.717) is 5.56 Å². The normalized spacial score (nSPS) is 11.1.